The first kappa shape index (κ1) is 13.5. The van der Waals surface area contributed by atoms with E-state index in [-0.39, 0.29) is 0 Å². The summed E-state index contributed by atoms with van der Waals surface area (Å²) in [7, 11) is 0. The van der Waals surface area contributed by atoms with E-state index in [9.17, 15) is 5.11 Å². The van der Waals surface area contributed by atoms with Crippen LogP contribution in [0.15, 0.2) is 18.5 Å². The summed E-state index contributed by atoms with van der Waals surface area (Å²) in [6.45, 7) is 5.79. The van der Waals surface area contributed by atoms with Gasteiger partial charge in [-0.15, -0.1) is 0 Å². The summed E-state index contributed by atoms with van der Waals surface area (Å²) < 4.78 is 11.2. The van der Waals surface area contributed by atoms with Crippen LogP contribution in [0.2, 0.25) is 0 Å². The van der Waals surface area contributed by atoms with Gasteiger partial charge in [-0.3, -0.25) is 4.98 Å². The van der Waals surface area contributed by atoms with Crippen LogP contribution in [-0.2, 0) is 9.47 Å². The van der Waals surface area contributed by atoms with E-state index in [1.807, 2.05) is 19.9 Å². The van der Waals surface area contributed by atoms with E-state index in [2.05, 4.69) is 4.98 Å². The van der Waals surface area contributed by atoms with Crippen LogP contribution in [0.5, 0.6) is 0 Å². The van der Waals surface area contributed by atoms with Crippen molar-refractivity contribution in [3.05, 3.63) is 29.6 Å². The summed E-state index contributed by atoms with van der Waals surface area (Å²) >= 11 is 0. The summed E-state index contributed by atoms with van der Waals surface area (Å²) in [6.07, 6.45) is 4.29. The van der Waals surface area contributed by atoms with E-state index in [1.54, 1.807) is 12.4 Å². The Hall–Kier alpha value is -0.970. The highest BCUT2D eigenvalue weighted by atomic mass is 16.5. The maximum atomic E-state index is 10.6. The minimum absolute atomic E-state index is 0.525. The zero-order chi connectivity index (χ0) is 13.0. The van der Waals surface area contributed by atoms with Crippen molar-refractivity contribution < 1.29 is 14.6 Å². The van der Waals surface area contributed by atoms with Gasteiger partial charge in [0.15, 0.2) is 0 Å². The number of aliphatic hydroxyl groups excluding tert-OH is 1. The van der Waals surface area contributed by atoms with E-state index in [0.29, 0.717) is 19.8 Å². The van der Waals surface area contributed by atoms with Gasteiger partial charge in [0, 0.05) is 50.6 Å². The molecule has 1 aliphatic heterocycles. The van der Waals surface area contributed by atoms with E-state index in [0.717, 1.165) is 24.0 Å². The predicted molar refractivity (Wildman–Crippen MR) is 68.3 cm³/mol. The third kappa shape index (κ3) is 2.71. The number of hydrogen-bond acceptors (Lipinski definition) is 4. The zero-order valence-electron chi connectivity index (χ0n) is 11.1. The molecular weight excluding hydrogens is 230 g/mol. The summed E-state index contributed by atoms with van der Waals surface area (Å²) in [6, 6.07) is 1.97. The Bertz CT molecular complexity index is 383. The minimum atomic E-state index is -0.645. The summed E-state index contributed by atoms with van der Waals surface area (Å²) in [5.74, 6) is 0. The predicted octanol–water partition coefficient (Wildman–Crippen LogP) is 2.01. The summed E-state index contributed by atoms with van der Waals surface area (Å²) in [5.41, 5.74) is 1.35. The highest BCUT2D eigenvalue weighted by Crippen LogP contribution is 2.37. The average molecular weight is 251 g/mol. The van der Waals surface area contributed by atoms with Crippen molar-refractivity contribution in [2.45, 2.75) is 38.4 Å². The lowest BCUT2D eigenvalue weighted by Crippen LogP contribution is -2.44. The molecule has 1 aromatic rings. The molecule has 0 radical (unpaired) electrons. The van der Waals surface area contributed by atoms with Crippen LogP contribution in [0.1, 0.15) is 37.0 Å². The molecule has 2 rings (SSSR count). The van der Waals surface area contributed by atoms with Crippen molar-refractivity contribution >= 4 is 0 Å². The second-order valence-electron chi connectivity index (χ2n) is 4.81. The first-order valence-corrected chi connectivity index (χ1v) is 6.49. The van der Waals surface area contributed by atoms with Gasteiger partial charge in [-0.05, 0) is 19.4 Å². The maximum absolute atomic E-state index is 10.6. The van der Waals surface area contributed by atoms with Crippen LogP contribution in [-0.4, -0.2) is 35.5 Å². The number of aryl methyl sites for hydroxylation is 1. The first-order chi connectivity index (χ1) is 8.68. The SMILES string of the molecule is CCOC1(C(O)c2cncc(C)c2)CCOCC1. The highest BCUT2D eigenvalue weighted by Gasteiger charge is 2.41. The topological polar surface area (TPSA) is 51.6 Å². The second kappa shape index (κ2) is 5.78. The quantitative estimate of drug-likeness (QED) is 0.889. The number of hydrogen-bond donors (Lipinski definition) is 1. The van der Waals surface area contributed by atoms with Crippen LogP contribution in [0.3, 0.4) is 0 Å². The highest BCUT2D eigenvalue weighted by molar-refractivity contribution is 5.22. The molecule has 1 aromatic heterocycles. The molecule has 1 saturated heterocycles. The van der Waals surface area contributed by atoms with Gasteiger partial charge in [-0.25, -0.2) is 0 Å². The average Bonchev–Trinajstić information content (AvgIpc) is 2.39. The van der Waals surface area contributed by atoms with Crippen molar-refractivity contribution in [1.29, 1.82) is 0 Å². The Kier molecular flexibility index (Phi) is 4.32. The Labute approximate surface area is 108 Å². The van der Waals surface area contributed by atoms with E-state index in [1.165, 1.54) is 0 Å². The van der Waals surface area contributed by atoms with Crippen molar-refractivity contribution in [3.8, 4) is 0 Å². The molecule has 0 aromatic carbocycles. The molecule has 1 N–H and O–H groups in total. The first-order valence-electron chi connectivity index (χ1n) is 6.49. The minimum Gasteiger partial charge on any atom is -0.385 e. The van der Waals surface area contributed by atoms with Crippen molar-refractivity contribution in [2.24, 2.45) is 0 Å². The van der Waals surface area contributed by atoms with Gasteiger partial charge in [-0.2, -0.15) is 0 Å². The largest absolute Gasteiger partial charge is 0.385 e. The van der Waals surface area contributed by atoms with Crippen LogP contribution < -0.4 is 0 Å². The molecule has 0 saturated carbocycles. The van der Waals surface area contributed by atoms with Crippen LogP contribution in [0.25, 0.3) is 0 Å². The fraction of sp³-hybridized carbons (Fsp3) is 0.643. The van der Waals surface area contributed by atoms with Gasteiger partial charge in [-0.1, -0.05) is 6.07 Å². The zero-order valence-corrected chi connectivity index (χ0v) is 11.1. The van der Waals surface area contributed by atoms with Crippen molar-refractivity contribution in [3.63, 3.8) is 0 Å². The molecule has 4 nitrogen and oxygen atoms in total. The Balaban J connectivity index is 2.24. The molecule has 0 spiro atoms. The van der Waals surface area contributed by atoms with Gasteiger partial charge in [0.1, 0.15) is 11.7 Å². The fourth-order valence-electron chi connectivity index (χ4n) is 2.53. The molecule has 0 bridgehead atoms. The summed E-state index contributed by atoms with van der Waals surface area (Å²) in [5, 5.41) is 10.6. The second-order valence-corrected chi connectivity index (χ2v) is 4.81. The number of ether oxygens (including phenoxy) is 2. The smallest absolute Gasteiger partial charge is 0.110 e. The number of aromatic nitrogens is 1. The fourth-order valence-corrected chi connectivity index (χ4v) is 2.53. The lowest BCUT2D eigenvalue weighted by Gasteiger charge is -2.40. The lowest BCUT2D eigenvalue weighted by atomic mass is 9.84. The molecular formula is C14H21NO3. The van der Waals surface area contributed by atoms with Crippen molar-refractivity contribution in [1.82, 2.24) is 4.98 Å². The number of aliphatic hydroxyl groups is 1. The van der Waals surface area contributed by atoms with Gasteiger partial charge < -0.3 is 14.6 Å². The summed E-state index contributed by atoms with van der Waals surface area (Å²) in [4.78, 5) is 4.14. The third-order valence-electron chi connectivity index (χ3n) is 3.48. The van der Waals surface area contributed by atoms with Crippen LogP contribution in [0, 0.1) is 6.92 Å². The Morgan fingerprint density at radius 3 is 2.78 bits per heavy atom. The van der Waals surface area contributed by atoms with E-state index in [4.69, 9.17) is 9.47 Å². The Morgan fingerprint density at radius 1 is 1.44 bits per heavy atom. The molecule has 1 atom stereocenters. The molecule has 1 unspecified atom stereocenters. The van der Waals surface area contributed by atoms with Crippen LogP contribution >= 0.6 is 0 Å². The van der Waals surface area contributed by atoms with E-state index < -0.39 is 11.7 Å². The molecule has 4 heteroatoms. The van der Waals surface area contributed by atoms with Crippen LogP contribution in [0.4, 0.5) is 0 Å². The molecule has 1 aliphatic rings. The monoisotopic (exact) mass is 251 g/mol. The number of nitrogens with zero attached hydrogens (tertiary/aromatic N) is 1. The van der Waals surface area contributed by atoms with E-state index >= 15 is 0 Å². The molecule has 18 heavy (non-hydrogen) atoms. The molecule has 100 valence electrons. The molecule has 0 amide bonds. The number of pyridine rings is 1. The molecule has 2 heterocycles. The van der Waals surface area contributed by atoms with Gasteiger partial charge >= 0.3 is 0 Å². The van der Waals surface area contributed by atoms with Gasteiger partial charge in [0.25, 0.3) is 0 Å². The van der Waals surface area contributed by atoms with Gasteiger partial charge in [0.05, 0.1) is 0 Å². The molecule has 0 aliphatic carbocycles. The maximum Gasteiger partial charge on any atom is 0.110 e. The Morgan fingerprint density at radius 2 is 2.17 bits per heavy atom. The number of rotatable bonds is 4. The normalized spacial score (nSPS) is 20.6. The standard InChI is InChI=1S/C14H21NO3/c1-3-18-14(4-6-17-7-5-14)13(16)12-8-11(2)9-15-10-12/h8-10,13,16H,3-7H2,1-2H3. The van der Waals surface area contributed by atoms with Gasteiger partial charge in [0.2, 0.25) is 0 Å². The molecule has 1 fully saturated rings. The van der Waals surface area contributed by atoms with Crippen molar-refractivity contribution in [2.75, 3.05) is 19.8 Å². The lowest BCUT2D eigenvalue weighted by molar-refractivity contribution is -0.168. The third-order valence-corrected chi connectivity index (χ3v) is 3.48.